The third-order valence-electron chi connectivity index (χ3n) is 5.81. The molecule has 2 aromatic rings. The topological polar surface area (TPSA) is 65.4 Å². The first-order valence-electron chi connectivity index (χ1n) is 10.4. The SMILES string of the molecule is Cc1ccc2c(c1)N=C(N1CCN(CC(C)(C)C(=O)O)CC1)c1cc(C)ccc1O2. The normalized spacial score (nSPS) is 16.8. The molecule has 0 aromatic heterocycles. The largest absolute Gasteiger partial charge is 0.481 e. The van der Waals surface area contributed by atoms with Gasteiger partial charge in [0.15, 0.2) is 5.75 Å². The molecule has 6 heteroatoms. The van der Waals surface area contributed by atoms with Gasteiger partial charge in [-0.25, -0.2) is 4.99 Å². The van der Waals surface area contributed by atoms with E-state index in [1.54, 1.807) is 13.8 Å². The van der Waals surface area contributed by atoms with Gasteiger partial charge in [-0.1, -0.05) is 17.7 Å². The van der Waals surface area contributed by atoms with Crippen molar-refractivity contribution in [3.8, 4) is 11.5 Å². The van der Waals surface area contributed by atoms with Crippen LogP contribution in [0.15, 0.2) is 41.4 Å². The molecule has 2 aromatic carbocycles. The zero-order valence-electron chi connectivity index (χ0n) is 18.1. The molecule has 0 amide bonds. The molecule has 1 saturated heterocycles. The van der Waals surface area contributed by atoms with Crippen LogP contribution in [0.3, 0.4) is 0 Å². The number of piperazine rings is 1. The van der Waals surface area contributed by atoms with Gasteiger partial charge in [0.25, 0.3) is 0 Å². The maximum atomic E-state index is 11.5. The summed E-state index contributed by atoms with van der Waals surface area (Å²) < 4.78 is 6.23. The number of aryl methyl sites for hydroxylation is 2. The molecule has 0 saturated carbocycles. The molecule has 0 spiro atoms. The Bertz CT molecular complexity index is 1000. The summed E-state index contributed by atoms with van der Waals surface area (Å²) in [5, 5.41) is 9.44. The number of aliphatic carboxylic acids is 1. The predicted octanol–water partition coefficient (Wildman–Crippen LogP) is 4.22. The fourth-order valence-corrected chi connectivity index (χ4v) is 3.99. The van der Waals surface area contributed by atoms with E-state index in [0.29, 0.717) is 6.54 Å². The molecule has 0 aliphatic carbocycles. The number of benzene rings is 2. The maximum Gasteiger partial charge on any atom is 0.310 e. The molecule has 4 rings (SSSR count). The van der Waals surface area contributed by atoms with Gasteiger partial charge in [0, 0.05) is 32.7 Å². The molecule has 30 heavy (non-hydrogen) atoms. The van der Waals surface area contributed by atoms with E-state index in [0.717, 1.165) is 65.9 Å². The van der Waals surface area contributed by atoms with Crippen LogP contribution in [0.5, 0.6) is 11.5 Å². The minimum atomic E-state index is -0.758. The molecule has 0 radical (unpaired) electrons. The number of carboxylic acid groups (broad SMARTS) is 1. The summed E-state index contributed by atoms with van der Waals surface area (Å²) in [6, 6.07) is 12.3. The predicted molar refractivity (Wildman–Crippen MR) is 118 cm³/mol. The fourth-order valence-electron chi connectivity index (χ4n) is 3.99. The van der Waals surface area contributed by atoms with Gasteiger partial charge in [-0.3, -0.25) is 9.69 Å². The Kier molecular flexibility index (Phi) is 5.28. The quantitative estimate of drug-likeness (QED) is 0.825. The minimum absolute atomic E-state index is 0.545. The summed E-state index contributed by atoms with van der Waals surface area (Å²) in [5.41, 5.74) is 3.39. The Morgan fingerprint density at radius 2 is 1.67 bits per heavy atom. The van der Waals surface area contributed by atoms with Crippen molar-refractivity contribution in [3.05, 3.63) is 53.1 Å². The first-order chi connectivity index (χ1) is 14.2. The van der Waals surface area contributed by atoms with Crippen molar-refractivity contribution in [2.45, 2.75) is 27.7 Å². The molecular formula is C24H29N3O3. The van der Waals surface area contributed by atoms with Gasteiger partial charge in [0.05, 0.1) is 11.0 Å². The lowest BCUT2D eigenvalue weighted by atomic mass is 9.93. The number of carboxylic acids is 1. The van der Waals surface area contributed by atoms with Crippen molar-refractivity contribution in [1.29, 1.82) is 0 Å². The molecule has 2 aliphatic heterocycles. The monoisotopic (exact) mass is 407 g/mol. The van der Waals surface area contributed by atoms with Crippen molar-refractivity contribution in [2.75, 3.05) is 32.7 Å². The summed E-state index contributed by atoms with van der Waals surface area (Å²) in [5.74, 6) is 1.75. The van der Waals surface area contributed by atoms with Crippen LogP contribution in [0.2, 0.25) is 0 Å². The van der Waals surface area contributed by atoms with E-state index in [1.165, 1.54) is 0 Å². The van der Waals surface area contributed by atoms with E-state index in [9.17, 15) is 9.90 Å². The number of hydrogen-bond acceptors (Lipinski definition) is 5. The number of hydrogen-bond donors (Lipinski definition) is 1. The van der Waals surface area contributed by atoms with E-state index in [2.05, 4.69) is 41.8 Å². The standard InChI is InChI=1S/C24H29N3O3/c1-16-5-7-20-18(13-16)22(25-19-14-17(2)6-8-21(19)30-20)27-11-9-26(10-12-27)15-24(3,4)23(28)29/h5-8,13-14H,9-12,15H2,1-4H3,(H,28,29). The zero-order valence-corrected chi connectivity index (χ0v) is 18.1. The van der Waals surface area contributed by atoms with E-state index in [1.807, 2.05) is 18.2 Å². The van der Waals surface area contributed by atoms with Crippen LogP contribution in [0.25, 0.3) is 0 Å². The Hall–Kier alpha value is -2.86. The van der Waals surface area contributed by atoms with Crippen LogP contribution in [-0.4, -0.2) is 59.4 Å². The smallest absolute Gasteiger partial charge is 0.310 e. The summed E-state index contributed by atoms with van der Waals surface area (Å²) in [7, 11) is 0. The number of rotatable bonds is 3. The maximum absolute atomic E-state index is 11.5. The van der Waals surface area contributed by atoms with Gasteiger partial charge in [0.2, 0.25) is 0 Å². The lowest BCUT2D eigenvalue weighted by Gasteiger charge is -2.39. The number of nitrogens with zero attached hydrogens (tertiary/aromatic N) is 3. The third-order valence-corrected chi connectivity index (χ3v) is 5.81. The Morgan fingerprint density at radius 3 is 2.33 bits per heavy atom. The number of ether oxygens (including phenoxy) is 1. The number of aliphatic imine (C=N–C) groups is 1. The van der Waals surface area contributed by atoms with Crippen LogP contribution in [0, 0.1) is 19.3 Å². The highest BCUT2D eigenvalue weighted by Crippen LogP contribution is 2.39. The first kappa shape index (κ1) is 20.4. The van der Waals surface area contributed by atoms with Crippen LogP contribution >= 0.6 is 0 Å². The van der Waals surface area contributed by atoms with Crippen molar-refractivity contribution in [2.24, 2.45) is 10.4 Å². The van der Waals surface area contributed by atoms with E-state index in [-0.39, 0.29) is 0 Å². The highest BCUT2D eigenvalue weighted by molar-refractivity contribution is 6.04. The Morgan fingerprint density at radius 1 is 1.03 bits per heavy atom. The molecule has 0 atom stereocenters. The van der Waals surface area contributed by atoms with Crippen LogP contribution in [0.4, 0.5) is 5.69 Å². The average molecular weight is 408 g/mol. The van der Waals surface area contributed by atoms with Crippen molar-refractivity contribution in [1.82, 2.24) is 9.80 Å². The second-order valence-electron chi connectivity index (χ2n) is 8.96. The number of amidine groups is 1. The summed E-state index contributed by atoms with van der Waals surface area (Å²) in [6.07, 6.45) is 0. The van der Waals surface area contributed by atoms with Gasteiger partial charge >= 0.3 is 5.97 Å². The molecule has 158 valence electrons. The second kappa shape index (κ2) is 7.76. The molecule has 6 nitrogen and oxygen atoms in total. The molecule has 0 unspecified atom stereocenters. The Balaban J connectivity index is 1.63. The molecular weight excluding hydrogens is 378 g/mol. The van der Waals surface area contributed by atoms with Gasteiger partial charge in [-0.05, 0) is 57.5 Å². The van der Waals surface area contributed by atoms with Gasteiger partial charge in [0.1, 0.15) is 17.3 Å². The average Bonchev–Trinajstić information content (AvgIpc) is 2.84. The van der Waals surface area contributed by atoms with Crippen LogP contribution in [-0.2, 0) is 4.79 Å². The van der Waals surface area contributed by atoms with Crippen LogP contribution in [0.1, 0.15) is 30.5 Å². The summed E-state index contributed by atoms with van der Waals surface area (Å²) in [6.45, 7) is 11.4. The fraction of sp³-hybridized carbons (Fsp3) is 0.417. The molecule has 2 heterocycles. The van der Waals surface area contributed by atoms with Gasteiger partial charge < -0.3 is 14.7 Å². The summed E-state index contributed by atoms with van der Waals surface area (Å²) >= 11 is 0. The number of fused-ring (bicyclic) bond motifs is 2. The molecule has 1 fully saturated rings. The Labute approximate surface area is 177 Å². The van der Waals surface area contributed by atoms with Crippen LogP contribution < -0.4 is 4.74 Å². The van der Waals surface area contributed by atoms with Gasteiger partial charge in [-0.2, -0.15) is 0 Å². The van der Waals surface area contributed by atoms with Crippen molar-refractivity contribution < 1.29 is 14.6 Å². The van der Waals surface area contributed by atoms with E-state index >= 15 is 0 Å². The lowest BCUT2D eigenvalue weighted by Crippen LogP contribution is -2.52. The molecule has 2 aliphatic rings. The molecule has 1 N–H and O–H groups in total. The minimum Gasteiger partial charge on any atom is -0.481 e. The number of carbonyl (C=O) groups is 1. The second-order valence-corrected chi connectivity index (χ2v) is 8.96. The van der Waals surface area contributed by atoms with Crippen molar-refractivity contribution >= 4 is 17.5 Å². The van der Waals surface area contributed by atoms with E-state index in [4.69, 9.17) is 9.73 Å². The van der Waals surface area contributed by atoms with Crippen molar-refractivity contribution in [3.63, 3.8) is 0 Å². The highest BCUT2D eigenvalue weighted by atomic mass is 16.5. The van der Waals surface area contributed by atoms with Gasteiger partial charge in [-0.15, -0.1) is 0 Å². The third kappa shape index (κ3) is 4.05. The van der Waals surface area contributed by atoms with E-state index < -0.39 is 11.4 Å². The lowest BCUT2D eigenvalue weighted by molar-refractivity contribution is -0.148. The molecule has 0 bridgehead atoms. The summed E-state index contributed by atoms with van der Waals surface area (Å²) in [4.78, 5) is 21.1. The first-order valence-corrected chi connectivity index (χ1v) is 10.4. The highest BCUT2D eigenvalue weighted by Gasteiger charge is 2.32. The zero-order chi connectivity index (χ0) is 21.5.